The molecular weight excluding hydrogens is 336 g/mol. The van der Waals surface area contributed by atoms with Gasteiger partial charge in [-0.2, -0.15) is 4.31 Å². The Hall–Kier alpha value is -0.820. The molecule has 1 aromatic rings. The number of nitrogens with zero attached hydrogens (tertiary/aromatic N) is 1. The van der Waals surface area contributed by atoms with Crippen LogP contribution in [0.25, 0.3) is 0 Å². The average Bonchev–Trinajstić information content (AvgIpc) is 2.42. The third kappa shape index (κ3) is 4.18. The Morgan fingerprint density at radius 2 is 2.04 bits per heavy atom. The van der Waals surface area contributed by atoms with Crippen molar-refractivity contribution in [3.8, 4) is 5.75 Å². The molecule has 1 fully saturated rings. The van der Waals surface area contributed by atoms with Crippen LogP contribution in [0.4, 0.5) is 0 Å². The molecule has 0 spiro atoms. The van der Waals surface area contributed by atoms with Gasteiger partial charge in [0, 0.05) is 19.1 Å². The second-order valence-electron chi connectivity index (χ2n) is 6.58. The Bertz CT molecular complexity index is 647. The molecule has 1 heterocycles. The molecule has 1 atom stereocenters. The minimum absolute atomic E-state index is 0. The zero-order valence-corrected chi connectivity index (χ0v) is 15.8. The Balaban J connectivity index is 0.00000264. The largest absolute Gasteiger partial charge is 0.494 e. The lowest BCUT2D eigenvalue weighted by Crippen LogP contribution is -2.53. The van der Waals surface area contributed by atoms with E-state index in [1.54, 1.807) is 29.4 Å². The highest BCUT2D eigenvalue weighted by Crippen LogP contribution is 2.32. The maximum atomic E-state index is 12.9. The molecule has 1 aliphatic rings. The molecule has 23 heavy (non-hydrogen) atoms. The highest BCUT2D eigenvalue weighted by molar-refractivity contribution is 7.89. The molecule has 5 nitrogen and oxygen atoms in total. The normalized spacial score (nSPS) is 21.5. The molecule has 0 radical (unpaired) electrons. The monoisotopic (exact) mass is 362 g/mol. The summed E-state index contributed by atoms with van der Waals surface area (Å²) in [6.45, 7) is 9.22. The molecule has 1 aromatic carbocycles. The van der Waals surface area contributed by atoms with Gasteiger partial charge in [-0.15, -0.1) is 12.4 Å². The molecular formula is C16H27ClN2O3S. The fraction of sp³-hybridized carbons (Fsp3) is 0.625. The van der Waals surface area contributed by atoms with Crippen LogP contribution < -0.4 is 10.5 Å². The molecule has 2 rings (SSSR count). The number of aryl methyl sites for hydroxylation is 1. The van der Waals surface area contributed by atoms with Gasteiger partial charge < -0.3 is 10.5 Å². The van der Waals surface area contributed by atoms with Crippen molar-refractivity contribution >= 4 is 22.4 Å². The van der Waals surface area contributed by atoms with E-state index >= 15 is 0 Å². The molecule has 7 heteroatoms. The van der Waals surface area contributed by atoms with E-state index in [1.807, 2.05) is 20.8 Å². The average molecular weight is 363 g/mol. The maximum absolute atomic E-state index is 12.9. The van der Waals surface area contributed by atoms with E-state index in [0.29, 0.717) is 42.3 Å². The molecule has 0 saturated carbocycles. The number of benzene rings is 1. The van der Waals surface area contributed by atoms with E-state index in [0.717, 1.165) is 0 Å². The molecule has 0 aliphatic carbocycles. The maximum Gasteiger partial charge on any atom is 0.243 e. The van der Waals surface area contributed by atoms with Crippen LogP contribution in [0.1, 0.15) is 32.8 Å². The first-order valence-corrected chi connectivity index (χ1v) is 9.11. The first kappa shape index (κ1) is 20.2. The van der Waals surface area contributed by atoms with Crippen LogP contribution in [0.5, 0.6) is 5.75 Å². The molecule has 0 amide bonds. The number of sulfonamides is 1. The van der Waals surface area contributed by atoms with Crippen molar-refractivity contribution < 1.29 is 13.2 Å². The number of nitrogens with two attached hydrogens (primary N) is 1. The predicted octanol–water partition coefficient (Wildman–Crippen LogP) is 2.56. The summed E-state index contributed by atoms with van der Waals surface area (Å²) in [5.74, 6) is 0.694. The number of rotatable bonds is 4. The quantitative estimate of drug-likeness (QED) is 0.893. The highest BCUT2D eigenvalue weighted by Gasteiger charge is 2.39. The van der Waals surface area contributed by atoms with E-state index in [4.69, 9.17) is 10.5 Å². The van der Waals surface area contributed by atoms with Gasteiger partial charge in [-0.05, 0) is 49.4 Å². The van der Waals surface area contributed by atoms with Crippen molar-refractivity contribution in [2.45, 2.75) is 45.1 Å². The number of halogens is 1. The second-order valence-corrected chi connectivity index (χ2v) is 8.49. The summed E-state index contributed by atoms with van der Waals surface area (Å²) in [5.41, 5.74) is 6.59. The molecule has 1 unspecified atom stereocenters. The minimum atomic E-state index is -3.50. The summed E-state index contributed by atoms with van der Waals surface area (Å²) in [4.78, 5) is 0.349. The first-order chi connectivity index (χ1) is 10.2. The van der Waals surface area contributed by atoms with Crippen LogP contribution >= 0.6 is 12.4 Å². The van der Waals surface area contributed by atoms with Gasteiger partial charge in [-0.1, -0.05) is 13.8 Å². The summed E-state index contributed by atoms with van der Waals surface area (Å²) < 4.78 is 32.8. The highest BCUT2D eigenvalue weighted by atomic mass is 35.5. The van der Waals surface area contributed by atoms with E-state index in [2.05, 4.69) is 0 Å². The van der Waals surface area contributed by atoms with Crippen molar-refractivity contribution in [1.82, 2.24) is 4.31 Å². The fourth-order valence-corrected chi connectivity index (χ4v) is 4.67. The smallest absolute Gasteiger partial charge is 0.243 e. The summed E-state index contributed by atoms with van der Waals surface area (Å²) in [5, 5.41) is 0. The van der Waals surface area contributed by atoms with Gasteiger partial charge in [-0.25, -0.2) is 8.42 Å². The van der Waals surface area contributed by atoms with Gasteiger partial charge in [0.25, 0.3) is 0 Å². The third-order valence-electron chi connectivity index (χ3n) is 4.35. The number of hydrogen-bond acceptors (Lipinski definition) is 4. The zero-order chi connectivity index (χ0) is 16.5. The second kappa shape index (κ2) is 7.38. The van der Waals surface area contributed by atoms with Crippen LogP contribution in [-0.4, -0.2) is 38.5 Å². The van der Waals surface area contributed by atoms with Gasteiger partial charge in [-0.3, -0.25) is 0 Å². The molecule has 0 aromatic heterocycles. The van der Waals surface area contributed by atoms with Crippen molar-refractivity contribution in [3.63, 3.8) is 0 Å². The topological polar surface area (TPSA) is 72.6 Å². The molecule has 0 bridgehead atoms. The minimum Gasteiger partial charge on any atom is -0.494 e. The lowest BCUT2D eigenvalue weighted by molar-refractivity contribution is 0.155. The summed E-state index contributed by atoms with van der Waals surface area (Å²) in [6.07, 6.45) is 0.683. The van der Waals surface area contributed by atoms with Crippen LogP contribution in [0.15, 0.2) is 23.1 Å². The standard InChI is InChI=1S/C16H26N2O3S.ClH/c1-5-21-13-6-7-14(12(2)10-13)22(19,20)18-9-8-15(17)16(3,4)11-18;/h6-7,10,15H,5,8-9,11,17H2,1-4H3;1H. The zero-order valence-electron chi connectivity index (χ0n) is 14.2. The van der Waals surface area contributed by atoms with Crippen LogP contribution in [0.2, 0.25) is 0 Å². The van der Waals surface area contributed by atoms with Crippen LogP contribution in [0, 0.1) is 12.3 Å². The Morgan fingerprint density at radius 3 is 2.57 bits per heavy atom. The van der Waals surface area contributed by atoms with E-state index < -0.39 is 10.0 Å². The van der Waals surface area contributed by atoms with Gasteiger partial charge in [0.05, 0.1) is 11.5 Å². The number of hydrogen-bond donors (Lipinski definition) is 1. The molecule has 2 N–H and O–H groups in total. The van der Waals surface area contributed by atoms with Gasteiger partial charge >= 0.3 is 0 Å². The molecule has 1 saturated heterocycles. The van der Waals surface area contributed by atoms with Crippen molar-refractivity contribution in [2.75, 3.05) is 19.7 Å². The van der Waals surface area contributed by atoms with Gasteiger partial charge in [0.15, 0.2) is 0 Å². The van der Waals surface area contributed by atoms with Crippen LogP contribution in [0.3, 0.4) is 0 Å². The van der Waals surface area contributed by atoms with Crippen molar-refractivity contribution in [3.05, 3.63) is 23.8 Å². The Kier molecular flexibility index (Phi) is 6.49. The van der Waals surface area contributed by atoms with Crippen LogP contribution in [-0.2, 0) is 10.0 Å². The van der Waals surface area contributed by atoms with Crippen molar-refractivity contribution in [1.29, 1.82) is 0 Å². The Morgan fingerprint density at radius 1 is 1.39 bits per heavy atom. The fourth-order valence-electron chi connectivity index (χ4n) is 2.84. The predicted molar refractivity (Wildman–Crippen MR) is 94.7 cm³/mol. The Labute approximate surface area is 145 Å². The van der Waals surface area contributed by atoms with E-state index in [-0.39, 0.29) is 23.9 Å². The lowest BCUT2D eigenvalue weighted by Gasteiger charge is -2.41. The van der Waals surface area contributed by atoms with Gasteiger partial charge in [0.2, 0.25) is 10.0 Å². The summed E-state index contributed by atoms with van der Waals surface area (Å²) in [7, 11) is -3.50. The lowest BCUT2D eigenvalue weighted by atomic mass is 9.81. The summed E-state index contributed by atoms with van der Waals surface area (Å²) in [6, 6.07) is 5.15. The SMILES string of the molecule is CCOc1ccc(S(=O)(=O)N2CCC(N)C(C)(C)C2)c(C)c1.Cl. The summed E-state index contributed by atoms with van der Waals surface area (Å²) >= 11 is 0. The molecule has 1 aliphatic heterocycles. The number of ether oxygens (including phenoxy) is 1. The number of piperidine rings is 1. The van der Waals surface area contributed by atoms with Gasteiger partial charge in [0.1, 0.15) is 5.75 Å². The first-order valence-electron chi connectivity index (χ1n) is 7.67. The van der Waals surface area contributed by atoms with E-state index in [1.165, 1.54) is 0 Å². The molecule has 132 valence electrons. The van der Waals surface area contributed by atoms with Crippen molar-refractivity contribution in [2.24, 2.45) is 11.1 Å². The third-order valence-corrected chi connectivity index (χ3v) is 6.36. The van der Waals surface area contributed by atoms with E-state index in [9.17, 15) is 8.42 Å².